The van der Waals surface area contributed by atoms with Crippen LogP contribution in [0.4, 0.5) is 5.69 Å². The SMILES string of the molecule is CC12CCC(C(=O)Nc3cc(Cl)cc(Cl)c3)(CC1=NOC(=O)c1cc3ccccc3oc1=O)C2(C)C. The number of carbonyl (C=O) groups excluding carboxylic acids is 2. The molecule has 2 fully saturated rings. The molecule has 2 aromatic carbocycles. The summed E-state index contributed by atoms with van der Waals surface area (Å²) in [7, 11) is 0. The molecule has 2 saturated carbocycles. The number of hydrogen-bond acceptors (Lipinski definition) is 6. The Morgan fingerprint density at radius 2 is 1.72 bits per heavy atom. The van der Waals surface area contributed by atoms with Crippen LogP contribution in [0.5, 0.6) is 0 Å². The van der Waals surface area contributed by atoms with Crippen molar-refractivity contribution < 1.29 is 18.8 Å². The van der Waals surface area contributed by atoms with Crippen LogP contribution in [0.1, 0.15) is 50.4 Å². The molecule has 2 aliphatic carbocycles. The van der Waals surface area contributed by atoms with Gasteiger partial charge in [-0.1, -0.05) is 67.3 Å². The second-order valence-electron chi connectivity index (χ2n) is 10.2. The highest BCUT2D eigenvalue weighted by atomic mass is 35.5. The minimum atomic E-state index is -0.904. The molecule has 36 heavy (non-hydrogen) atoms. The minimum absolute atomic E-state index is 0.166. The zero-order valence-corrected chi connectivity index (χ0v) is 21.5. The monoisotopic (exact) mass is 526 g/mol. The number of halogens is 2. The zero-order chi connectivity index (χ0) is 25.9. The van der Waals surface area contributed by atoms with E-state index in [4.69, 9.17) is 32.5 Å². The second kappa shape index (κ2) is 8.46. The van der Waals surface area contributed by atoms with Gasteiger partial charge in [-0.2, -0.15) is 0 Å². The van der Waals surface area contributed by atoms with Crippen molar-refractivity contribution in [2.45, 2.75) is 40.0 Å². The van der Waals surface area contributed by atoms with E-state index in [-0.39, 0.29) is 11.5 Å². The van der Waals surface area contributed by atoms with Crippen molar-refractivity contribution in [2.75, 3.05) is 5.32 Å². The molecule has 2 bridgehead atoms. The number of hydrogen-bond donors (Lipinski definition) is 1. The summed E-state index contributed by atoms with van der Waals surface area (Å²) in [6.45, 7) is 6.10. The van der Waals surface area contributed by atoms with Crippen molar-refractivity contribution in [1.82, 2.24) is 0 Å². The largest absolute Gasteiger partial charge is 0.422 e. The molecule has 0 spiro atoms. The van der Waals surface area contributed by atoms with Crippen molar-refractivity contribution in [3.05, 3.63) is 74.6 Å². The van der Waals surface area contributed by atoms with Crippen LogP contribution in [0, 0.1) is 16.2 Å². The fraction of sp³-hybridized carbons (Fsp3) is 0.333. The Morgan fingerprint density at radius 1 is 1.03 bits per heavy atom. The maximum absolute atomic E-state index is 13.6. The van der Waals surface area contributed by atoms with Crippen LogP contribution in [-0.4, -0.2) is 17.6 Å². The third kappa shape index (κ3) is 3.64. The van der Waals surface area contributed by atoms with Crippen LogP contribution in [0.3, 0.4) is 0 Å². The predicted octanol–water partition coefficient (Wildman–Crippen LogP) is 6.47. The summed E-state index contributed by atoms with van der Waals surface area (Å²) in [5.74, 6) is -1.07. The van der Waals surface area contributed by atoms with Gasteiger partial charge in [-0.15, -0.1) is 0 Å². The molecular formula is C27H24Cl2N2O5. The van der Waals surface area contributed by atoms with E-state index < -0.39 is 27.8 Å². The van der Waals surface area contributed by atoms with Gasteiger partial charge in [-0.25, -0.2) is 9.59 Å². The summed E-state index contributed by atoms with van der Waals surface area (Å²) < 4.78 is 5.23. The fourth-order valence-corrected chi connectivity index (χ4v) is 6.28. The Morgan fingerprint density at radius 3 is 2.44 bits per heavy atom. The molecule has 9 heteroatoms. The topological polar surface area (TPSA) is 98.0 Å². The summed E-state index contributed by atoms with van der Waals surface area (Å²) >= 11 is 12.2. The first kappa shape index (κ1) is 24.5. The highest BCUT2D eigenvalue weighted by molar-refractivity contribution is 6.35. The highest BCUT2D eigenvalue weighted by Crippen LogP contribution is 2.71. The van der Waals surface area contributed by atoms with Gasteiger partial charge in [0.15, 0.2) is 0 Å². The average Bonchev–Trinajstić information content (AvgIpc) is 3.12. The van der Waals surface area contributed by atoms with E-state index in [0.717, 1.165) is 0 Å². The molecule has 1 amide bonds. The van der Waals surface area contributed by atoms with Crippen molar-refractivity contribution >= 4 is 57.4 Å². The van der Waals surface area contributed by atoms with Crippen LogP contribution < -0.4 is 10.9 Å². The summed E-state index contributed by atoms with van der Waals surface area (Å²) in [4.78, 5) is 44.0. The number of anilines is 1. The van der Waals surface area contributed by atoms with E-state index >= 15 is 0 Å². The highest BCUT2D eigenvalue weighted by Gasteiger charge is 2.71. The molecule has 0 aliphatic heterocycles. The summed E-state index contributed by atoms with van der Waals surface area (Å²) in [5, 5.41) is 8.61. The van der Waals surface area contributed by atoms with Crippen molar-refractivity contribution in [3.8, 4) is 0 Å². The molecule has 1 aromatic heterocycles. The molecule has 186 valence electrons. The van der Waals surface area contributed by atoms with Crippen LogP contribution in [-0.2, 0) is 9.63 Å². The van der Waals surface area contributed by atoms with E-state index in [1.807, 2.05) is 20.8 Å². The summed E-state index contributed by atoms with van der Waals surface area (Å²) in [6, 6.07) is 13.2. The first-order valence-corrected chi connectivity index (χ1v) is 12.3. The molecule has 0 radical (unpaired) electrons. The van der Waals surface area contributed by atoms with Crippen LogP contribution >= 0.6 is 23.2 Å². The number of nitrogens with zero attached hydrogens (tertiary/aromatic N) is 1. The Balaban J connectivity index is 1.42. The lowest BCUT2D eigenvalue weighted by Gasteiger charge is -2.39. The van der Waals surface area contributed by atoms with Gasteiger partial charge in [0.25, 0.3) is 0 Å². The van der Waals surface area contributed by atoms with Gasteiger partial charge >= 0.3 is 11.6 Å². The van der Waals surface area contributed by atoms with Gasteiger partial charge in [0.1, 0.15) is 11.1 Å². The number of rotatable bonds is 4. The quantitative estimate of drug-likeness (QED) is 0.238. The van der Waals surface area contributed by atoms with E-state index in [2.05, 4.69) is 10.5 Å². The Kier molecular flexibility index (Phi) is 5.76. The van der Waals surface area contributed by atoms with Crippen molar-refractivity contribution in [1.29, 1.82) is 0 Å². The number of amides is 1. The molecular weight excluding hydrogens is 503 g/mol. The standard InChI is InChI=1S/C27H24Cl2N2O5/c1-25(2)26(3)8-9-27(25,24(34)30-18-12-16(28)11-17(29)13-18)14-21(26)31-36-23(33)19-10-15-6-4-5-7-20(15)35-22(19)32/h4-7,10-13H,8-9,14H2,1-3H3,(H,30,34). The van der Waals surface area contributed by atoms with Gasteiger partial charge in [-0.3, -0.25) is 4.79 Å². The number of para-hydroxylation sites is 1. The number of carbonyl (C=O) groups is 2. The average molecular weight is 527 g/mol. The van der Waals surface area contributed by atoms with Gasteiger partial charge in [-0.05, 0) is 48.6 Å². The smallest absolute Gasteiger partial charge is 0.373 e. The lowest BCUT2D eigenvalue weighted by Crippen LogP contribution is -2.43. The normalized spacial score (nSPS) is 25.3. The van der Waals surface area contributed by atoms with Gasteiger partial charge in [0.05, 0.1) is 11.1 Å². The van der Waals surface area contributed by atoms with Gasteiger partial charge in [0.2, 0.25) is 5.91 Å². The molecule has 3 aromatic rings. The number of oxime groups is 1. The fourth-order valence-electron chi connectivity index (χ4n) is 5.75. The van der Waals surface area contributed by atoms with Crippen molar-refractivity contribution in [2.24, 2.45) is 21.4 Å². The third-order valence-electron chi connectivity index (χ3n) is 8.39. The van der Waals surface area contributed by atoms with Crippen LogP contribution in [0.25, 0.3) is 11.0 Å². The Bertz CT molecular complexity index is 1490. The second-order valence-corrected chi connectivity index (χ2v) is 11.1. The molecule has 2 aliphatic rings. The molecule has 2 unspecified atom stereocenters. The molecule has 5 rings (SSSR count). The minimum Gasteiger partial charge on any atom is -0.422 e. The lowest BCUT2D eigenvalue weighted by atomic mass is 9.64. The first-order chi connectivity index (χ1) is 17.0. The maximum Gasteiger partial charge on any atom is 0.373 e. The molecule has 1 N–H and O–H groups in total. The summed E-state index contributed by atoms with van der Waals surface area (Å²) in [5.41, 5.74) is -1.28. The van der Waals surface area contributed by atoms with E-state index in [1.165, 1.54) is 6.07 Å². The van der Waals surface area contributed by atoms with E-state index in [9.17, 15) is 14.4 Å². The number of nitrogens with one attached hydrogen (secondary N) is 1. The zero-order valence-electron chi connectivity index (χ0n) is 20.0. The van der Waals surface area contributed by atoms with Gasteiger partial charge in [0, 0.05) is 33.0 Å². The third-order valence-corrected chi connectivity index (χ3v) is 8.83. The maximum atomic E-state index is 13.6. The van der Waals surface area contributed by atoms with Crippen molar-refractivity contribution in [3.63, 3.8) is 0 Å². The Labute approximate surface area is 217 Å². The lowest BCUT2D eigenvalue weighted by molar-refractivity contribution is -0.130. The van der Waals surface area contributed by atoms with Gasteiger partial charge < -0.3 is 14.6 Å². The van der Waals surface area contributed by atoms with Crippen LogP contribution in [0.2, 0.25) is 10.0 Å². The number of benzene rings is 2. The number of fused-ring (bicyclic) bond motifs is 3. The Hall–Kier alpha value is -3.16. The molecule has 1 heterocycles. The summed E-state index contributed by atoms with van der Waals surface area (Å²) in [6.07, 6.45) is 1.66. The van der Waals surface area contributed by atoms with E-state index in [1.54, 1.807) is 42.5 Å². The molecule has 2 atom stereocenters. The predicted molar refractivity (Wildman–Crippen MR) is 139 cm³/mol. The van der Waals surface area contributed by atoms with Crippen LogP contribution in [0.15, 0.2) is 62.9 Å². The molecule has 7 nitrogen and oxygen atoms in total. The first-order valence-electron chi connectivity index (χ1n) is 11.6. The van der Waals surface area contributed by atoms with E-state index in [0.29, 0.717) is 51.7 Å². The molecule has 0 saturated heterocycles.